The maximum Gasteiger partial charge on any atom is 0.105 e. The van der Waals surface area contributed by atoms with Crippen LogP contribution in [0.3, 0.4) is 0 Å². The molecule has 1 aliphatic heterocycles. The Morgan fingerprint density at radius 1 is 0.905 bits per heavy atom. The molecule has 1 atom stereocenters. The molecule has 1 N–H and O–H groups in total. The van der Waals surface area contributed by atoms with Crippen molar-refractivity contribution in [2.24, 2.45) is 0 Å². The molecule has 2 heteroatoms. The minimum absolute atomic E-state index is 0.575. The van der Waals surface area contributed by atoms with Crippen LogP contribution in [0.15, 0.2) is 24.3 Å². The lowest BCUT2D eigenvalue weighted by atomic mass is 9.87. The molecule has 1 unspecified atom stereocenters. The largest absolute Gasteiger partial charge is 0.384 e. The molecule has 2 aromatic carbocycles. The van der Waals surface area contributed by atoms with Crippen LogP contribution in [0.1, 0.15) is 50.6 Å². The van der Waals surface area contributed by atoms with Gasteiger partial charge in [0.1, 0.15) is 6.10 Å². The van der Waals surface area contributed by atoms with Crippen LogP contribution in [0.4, 0.5) is 0 Å². The van der Waals surface area contributed by atoms with Crippen LogP contribution in [0.2, 0.25) is 0 Å². The van der Waals surface area contributed by atoms with E-state index in [4.69, 9.17) is 4.74 Å². The molecule has 2 nitrogen and oxygen atoms in total. The standard InChI is InChI=1S/C19H22O2/c1-11-7-12(2)14(4)18(13(11)3)19(20)15-5-6-16-9-21-10-17(16)8-15/h5-8,19-20H,9-10H2,1-4H3. The molecule has 0 amide bonds. The molecule has 0 radical (unpaired) electrons. The smallest absolute Gasteiger partial charge is 0.105 e. The minimum Gasteiger partial charge on any atom is -0.384 e. The Morgan fingerprint density at radius 2 is 1.52 bits per heavy atom. The predicted molar refractivity (Wildman–Crippen MR) is 84.4 cm³/mol. The van der Waals surface area contributed by atoms with Crippen molar-refractivity contribution in [3.63, 3.8) is 0 Å². The van der Waals surface area contributed by atoms with Crippen molar-refractivity contribution >= 4 is 0 Å². The lowest BCUT2D eigenvalue weighted by Crippen LogP contribution is -2.08. The van der Waals surface area contributed by atoms with Crippen molar-refractivity contribution in [2.45, 2.75) is 47.0 Å². The van der Waals surface area contributed by atoms with E-state index >= 15 is 0 Å². The predicted octanol–water partition coefficient (Wildman–Crippen LogP) is 4.03. The van der Waals surface area contributed by atoms with E-state index in [0.717, 1.165) is 11.1 Å². The lowest BCUT2D eigenvalue weighted by Gasteiger charge is -2.21. The maximum atomic E-state index is 10.9. The van der Waals surface area contributed by atoms with Crippen LogP contribution in [-0.2, 0) is 18.0 Å². The third-order valence-electron chi connectivity index (χ3n) is 4.76. The SMILES string of the molecule is Cc1cc(C)c(C)c(C(O)c2ccc3c(c2)COC3)c1C. The maximum absolute atomic E-state index is 10.9. The number of aryl methyl sites for hydroxylation is 2. The molecule has 0 fully saturated rings. The summed E-state index contributed by atoms with van der Waals surface area (Å²) in [5, 5.41) is 10.9. The summed E-state index contributed by atoms with van der Waals surface area (Å²) < 4.78 is 5.46. The Morgan fingerprint density at radius 3 is 2.19 bits per heavy atom. The molecular formula is C19H22O2. The van der Waals surface area contributed by atoms with Gasteiger partial charge in [-0.05, 0) is 72.2 Å². The van der Waals surface area contributed by atoms with Crippen molar-refractivity contribution in [3.8, 4) is 0 Å². The summed E-state index contributed by atoms with van der Waals surface area (Å²) in [6, 6.07) is 8.38. The van der Waals surface area contributed by atoms with Crippen LogP contribution >= 0.6 is 0 Å². The van der Waals surface area contributed by atoms with Gasteiger partial charge in [0.05, 0.1) is 13.2 Å². The summed E-state index contributed by atoms with van der Waals surface area (Å²) in [6.07, 6.45) is -0.575. The number of benzene rings is 2. The Balaban J connectivity index is 2.09. The van der Waals surface area contributed by atoms with Gasteiger partial charge in [0, 0.05) is 0 Å². The molecule has 0 spiro atoms. The fourth-order valence-electron chi connectivity index (χ4n) is 3.19. The fraction of sp³-hybridized carbons (Fsp3) is 0.368. The van der Waals surface area contributed by atoms with Crippen LogP contribution < -0.4 is 0 Å². The summed E-state index contributed by atoms with van der Waals surface area (Å²) in [5.74, 6) is 0. The first kappa shape index (κ1) is 14.3. The van der Waals surface area contributed by atoms with Gasteiger partial charge in [-0.1, -0.05) is 24.3 Å². The number of hydrogen-bond donors (Lipinski definition) is 1. The molecule has 2 aromatic rings. The van der Waals surface area contributed by atoms with E-state index in [2.05, 4.69) is 45.9 Å². The summed E-state index contributed by atoms with van der Waals surface area (Å²) in [6.45, 7) is 9.74. The van der Waals surface area contributed by atoms with Gasteiger partial charge in [-0.3, -0.25) is 0 Å². The van der Waals surface area contributed by atoms with Crippen molar-refractivity contribution in [1.29, 1.82) is 0 Å². The quantitative estimate of drug-likeness (QED) is 0.901. The summed E-state index contributed by atoms with van der Waals surface area (Å²) >= 11 is 0. The molecule has 0 aromatic heterocycles. The lowest BCUT2D eigenvalue weighted by molar-refractivity contribution is 0.134. The molecular weight excluding hydrogens is 260 g/mol. The van der Waals surface area contributed by atoms with Gasteiger partial charge in [0.25, 0.3) is 0 Å². The number of fused-ring (bicyclic) bond motifs is 1. The molecule has 21 heavy (non-hydrogen) atoms. The normalized spacial score (nSPS) is 15.1. The summed E-state index contributed by atoms with van der Waals surface area (Å²) in [7, 11) is 0. The zero-order chi connectivity index (χ0) is 15.1. The number of ether oxygens (including phenoxy) is 1. The number of hydrogen-bond acceptors (Lipinski definition) is 2. The van der Waals surface area contributed by atoms with E-state index in [-0.39, 0.29) is 0 Å². The topological polar surface area (TPSA) is 29.5 Å². The Kier molecular flexibility index (Phi) is 3.60. The third kappa shape index (κ3) is 2.39. The van der Waals surface area contributed by atoms with Crippen molar-refractivity contribution in [1.82, 2.24) is 0 Å². The van der Waals surface area contributed by atoms with E-state index in [1.807, 2.05) is 6.07 Å². The van der Waals surface area contributed by atoms with Crippen molar-refractivity contribution < 1.29 is 9.84 Å². The first-order valence-electron chi connectivity index (χ1n) is 7.44. The average Bonchev–Trinajstić information content (AvgIpc) is 2.92. The van der Waals surface area contributed by atoms with E-state index in [9.17, 15) is 5.11 Å². The molecule has 0 aliphatic carbocycles. The fourth-order valence-corrected chi connectivity index (χ4v) is 3.19. The van der Waals surface area contributed by atoms with E-state index in [1.54, 1.807) is 0 Å². The second-order valence-electron chi connectivity index (χ2n) is 6.10. The zero-order valence-electron chi connectivity index (χ0n) is 13.2. The zero-order valence-corrected chi connectivity index (χ0v) is 13.2. The molecule has 0 saturated carbocycles. The van der Waals surface area contributed by atoms with Gasteiger partial charge >= 0.3 is 0 Å². The van der Waals surface area contributed by atoms with Crippen LogP contribution in [0.5, 0.6) is 0 Å². The Bertz CT molecular complexity index is 675. The highest BCUT2D eigenvalue weighted by Crippen LogP contribution is 2.33. The molecule has 1 heterocycles. The molecule has 3 rings (SSSR count). The Labute approximate surface area is 126 Å². The van der Waals surface area contributed by atoms with Gasteiger partial charge in [-0.2, -0.15) is 0 Å². The van der Waals surface area contributed by atoms with Gasteiger partial charge in [0.15, 0.2) is 0 Å². The monoisotopic (exact) mass is 282 g/mol. The first-order valence-corrected chi connectivity index (χ1v) is 7.44. The summed E-state index contributed by atoms with van der Waals surface area (Å²) in [5.41, 5.74) is 9.27. The molecule has 1 aliphatic rings. The highest BCUT2D eigenvalue weighted by atomic mass is 16.5. The van der Waals surface area contributed by atoms with Crippen LogP contribution in [-0.4, -0.2) is 5.11 Å². The average molecular weight is 282 g/mol. The molecule has 110 valence electrons. The van der Waals surface area contributed by atoms with E-state index in [1.165, 1.54) is 33.4 Å². The van der Waals surface area contributed by atoms with Gasteiger partial charge in [-0.25, -0.2) is 0 Å². The van der Waals surface area contributed by atoms with E-state index < -0.39 is 6.10 Å². The second-order valence-corrected chi connectivity index (χ2v) is 6.10. The second kappa shape index (κ2) is 5.28. The van der Waals surface area contributed by atoms with Gasteiger partial charge in [-0.15, -0.1) is 0 Å². The minimum atomic E-state index is -0.575. The van der Waals surface area contributed by atoms with Gasteiger partial charge in [0.2, 0.25) is 0 Å². The third-order valence-corrected chi connectivity index (χ3v) is 4.76. The van der Waals surface area contributed by atoms with Gasteiger partial charge < -0.3 is 9.84 Å². The number of aliphatic hydroxyl groups excluding tert-OH is 1. The molecule has 0 saturated heterocycles. The van der Waals surface area contributed by atoms with Crippen molar-refractivity contribution in [2.75, 3.05) is 0 Å². The van der Waals surface area contributed by atoms with Crippen LogP contribution in [0, 0.1) is 27.7 Å². The Hall–Kier alpha value is -1.64. The van der Waals surface area contributed by atoms with E-state index in [0.29, 0.717) is 13.2 Å². The highest BCUT2D eigenvalue weighted by Gasteiger charge is 2.20. The highest BCUT2D eigenvalue weighted by molar-refractivity contribution is 5.49. The van der Waals surface area contributed by atoms with Crippen LogP contribution in [0.25, 0.3) is 0 Å². The number of aliphatic hydroxyl groups is 1. The van der Waals surface area contributed by atoms with Crippen molar-refractivity contribution in [3.05, 3.63) is 68.8 Å². The molecule has 0 bridgehead atoms. The number of rotatable bonds is 2. The summed E-state index contributed by atoms with van der Waals surface area (Å²) in [4.78, 5) is 0. The first-order chi connectivity index (χ1) is 9.99.